The van der Waals surface area contributed by atoms with Crippen molar-refractivity contribution in [2.45, 2.75) is 50.7 Å². The van der Waals surface area contributed by atoms with E-state index in [0.29, 0.717) is 45.5 Å². The molecule has 5 rings (SSSR count). The number of amides is 1. The van der Waals surface area contributed by atoms with Crippen LogP contribution in [-0.2, 0) is 20.7 Å². The average Bonchev–Trinajstić information content (AvgIpc) is 3.52. The first-order valence-corrected chi connectivity index (χ1v) is 14.4. The minimum absolute atomic E-state index is 0.0120. The molecule has 0 spiro atoms. The third kappa shape index (κ3) is 7.78. The van der Waals surface area contributed by atoms with E-state index in [1.54, 1.807) is 48.7 Å². The van der Waals surface area contributed by atoms with Crippen molar-refractivity contribution in [2.75, 3.05) is 19.0 Å². The van der Waals surface area contributed by atoms with Gasteiger partial charge in [0.2, 0.25) is 5.91 Å². The molecule has 1 amide bonds. The van der Waals surface area contributed by atoms with Crippen LogP contribution in [0.3, 0.4) is 0 Å². The van der Waals surface area contributed by atoms with E-state index in [4.69, 9.17) is 24.7 Å². The molecule has 0 saturated heterocycles. The Morgan fingerprint density at radius 3 is 2.50 bits per heavy atom. The molecule has 3 aromatic carbocycles. The number of nitrogens with zero attached hydrogens (tertiary/aromatic N) is 1. The molecule has 11 heteroatoms. The molecule has 0 aliphatic heterocycles. The van der Waals surface area contributed by atoms with E-state index in [1.165, 1.54) is 13.2 Å². The molecular formula is C33H33F2N3O6. The molecule has 0 bridgehead atoms. The van der Waals surface area contributed by atoms with Gasteiger partial charge in [0.25, 0.3) is 0 Å². The molecule has 4 aromatic rings. The SMILES string of the molecule is COc1cc2c(Oc3ccc(CC(=O)Nc4ccc(F)cc4F)cc3)ccnc2cc1OCC[C@H](N)C(=O)OC1CCCC1. The lowest BCUT2D eigenvalue weighted by Crippen LogP contribution is -2.35. The van der Waals surface area contributed by atoms with Crippen molar-refractivity contribution in [3.05, 3.63) is 84.1 Å². The van der Waals surface area contributed by atoms with E-state index in [-0.39, 0.29) is 31.2 Å². The zero-order chi connectivity index (χ0) is 31.1. The number of anilines is 1. The number of hydrogen-bond acceptors (Lipinski definition) is 8. The Labute approximate surface area is 253 Å². The molecule has 1 saturated carbocycles. The quantitative estimate of drug-likeness (QED) is 0.187. The standard InChI is InChI=1S/C33H33F2N3O6/c1-41-30-18-24-28(19-31(30)42-15-13-26(36)33(40)44-22-4-2-3-5-22)37-14-12-29(24)43-23-9-6-20(7-10-23)16-32(39)38-27-11-8-21(34)17-25(27)35/h6-12,14,17-19,22,26H,2-5,13,15-16,36H2,1H3,(H,38,39)/t26-/m0/s1. The summed E-state index contributed by atoms with van der Waals surface area (Å²) < 4.78 is 50.0. The number of pyridine rings is 1. The van der Waals surface area contributed by atoms with Crippen LogP contribution in [0.1, 0.15) is 37.7 Å². The summed E-state index contributed by atoms with van der Waals surface area (Å²) in [5.74, 6) is -0.479. The summed E-state index contributed by atoms with van der Waals surface area (Å²) in [6, 6.07) is 14.3. The monoisotopic (exact) mass is 605 g/mol. The number of aromatic nitrogens is 1. The first-order valence-electron chi connectivity index (χ1n) is 14.4. The fourth-order valence-corrected chi connectivity index (χ4v) is 4.93. The van der Waals surface area contributed by atoms with Gasteiger partial charge >= 0.3 is 5.97 Å². The molecule has 1 fully saturated rings. The molecule has 230 valence electrons. The number of carbonyl (C=O) groups is 2. The second kappa shape index (κ2) is 14.1. The van der Waals surface area contributed by atoms with Crippen LogP contribution >= 0.6 is 0 Å². The number of esters is 1. The van der Waals surface area contributed by atoms with E-state index in [0.717, 1.165) is 31.7 Å². The summed E-state index contributed by atoms with van der Waals surface area (Å²) in [5, 5.41) is 3.12. The number of fused-ring (bicyclic) bond motifs is 1. The van der Waals surface area contributed by atoms with Gasteiger partial charge in [-0.2, -0.15) is 0 Å². The van der Waals surface area contributed by atoms with E-state index in [2.05, 4.69) is 10.3 Å². The molecule has 0 unspecified atom stereocenters. The summed E-state index contributed by atoms with van der Waals surface area (Å²) >= 11 is 0. The highest BCUT2D eigenvalue weighted by atomic mass is 19.1. The second-order valence-corrected chi connectivity index (χ2v) is 10.5. The van der Waals surface area contributed by atoms with Crippen LogP contribution in [0.4, 0.5) is 14.5 Å². The number of methoxy groups -OCH3 is 1. The van der Waals surface area contributed by atoms with Crippen molar-refractivity contribution in [3.63, 3.8) is 0 Å². The Bertz CT molecular complexity index is 1630. The summed E-state index contributed by atoms with van der Waals surface area (Å²) in [5.41, 5.74) is 7.21. The molecule has 1 aromatic heterocycles. The number of carbonyl (C=O) groups excluding carboxylic acids is 2. The Kier molecular flexibility index (Phi) is 9.86. The summed E-state index contributed by atoms with van der Waals surface area (Å²) in [4.78, 5) is 29.1. The number of ether oxygens (including phenoxy) is 4. The van der Waals surface area contributed by atoms with Crippen molar-refractivity contribution in [3.8, 4) is 23.0 Å². The van der Waals surface area contributed by atoms with E-state index < -0.39 is 29.6 Å². The van der Waals surface area contributed by atoms with E-state index in [1.807, 2.05) is 0 Å². The molecule has 1 atom stereocenters. The Morgan fingerprint density at radius 1 is 1.00 bits per heavy atom. The fourth-order valence-electron chi connectivity index (χ4n) is 4.93. The highest BCUT2D eigenvalue weighted by Gasteiger charge is 2.23. The van der Waals surface area contributed by atoms with E-state index >= 15 is 0 Å². The number of benzene rings is 3. The molecule has 0 radical (unpaired) electrons. The highest BCUT2D eigenvalue weighted by molar-refractivity contribution is 5.92. The number of hydrogen-bond donors (Lipinski definition) is 2. The summed E-state index contributed by atoms with van der Waals surface area (Å²) in [6.45, 7) is 0.183. The van der Waals surface area contributed by atoms with Gasteiger partial charge in [-0.15, -0.1) is 0 Å². The van der Waals surface area contributed by atoms with Crippen LogP contribution in [0.15, 0.2) is 66.9 Å². The highest BCUT2D eigenvalue weighted by Crippen LogP contribution is 2.37. The van der Waals surface area contributed by atoms with Gasteiger partial charge in [-0.3, -0.25) is 14.6 Å². The van der Waals surface area contributed by atoms with Crippen LogP contribution in [0.25, 0.3) is 10.9 Å². The van der Waals surface area contributed by atoms with Crippen LogP contribution in [0.5, 0.6) is 23.0 Å². The molecule has 9 nitrogen and oxygen atoms in total. The minimum Gasteiger partial charge on any atom is -0.493 e. The molecule has 44 heavy (non-hydrogen) atoms. The smallest absolute Gasteiger partial charge is 0.323 e. The largest absolute Gasteiger partial charge is 0.493 e. The Hall–Kier alpha value is -4.77. The zero-order valence-corrected chi connectivity index (χ0v) is 24.2. The van der Waals surface area contributed by atoms with Crippen molar-refractivity contribution >= 4 is 28.5 Å². The maximum Gasteiger partial charge on any atom is 0.323 e. The van der Waals surface area contributed by atoms with Gasteiger partial charge in [0.05, 0.1) is 31.3 Å². The maximum atomic E-state index is 13.8. The van der Waals surface area contributed by atoms with E-state index in [9.17, 15) is 18.4 Å². The normalized spacial score (nSPS) is 13.8. The number of rotatable bonds is 12. The molecule has 1 heterocycles. The fraction of sp³-hybridized carbons (Fsp3) is 0.303. The van der Waals surface area contributed by atoms with Gasteiger partial charge in [-0.25, -0.2) is 8.78 Å². The average molecular weight is 606 g/mol. The lowest BCUT2D eigenvalue weighted by Gasteiger charge is -2.17. The number of nitrogens with two attached hydrogens (primary N) is 1. The van der Waals surface area contributed by atoms with Gasteiger partial charge in [0.1, 0.15) is 35.3 Å². The lowest BCUT2D eigenvalue weighted by atomic mass is 10.1. The Morgan fingerprint density at radius 2 is 1.77 bits per heavy atom. The van der Waals surface area contributed by atoms with Gasteiger partial charge in [0.15, 0.2) is 11.5 Å². The van der Waals surface area contributed by atoms with Crippen LogP contribution < -0.4 is 25.3 Å². The predicted molar refractivity (Wildman–Crippen MR) is 160 cm³/mol. The summed E-state index contributed by atoms with van der Waals surface area (Å²) in [6.07, 6.45) is 5.74. The van der Waals surface area contributed by atoms with Gasteiger partial charge in [-0.1, -0.05) is 12.1 Å². The van der Waals surface area contributed by atoms with Crippen LogP contribution in [0.2, 0.25) is 0 Å². The van der Waals surface area contributed by atoms with Crippen molar-refractivity contribution in [1.82, 2.24) is 4.98 Å². The molecule has 1 aliphatic rings. The predicted octanol–water partition coefficient (Wildman–Crippen LogP) is 6.08. The third-order valence-electron chi connectivity index (χ3n) is 7.28. The Balaban J connectivity index is 1.20. The third-order valence-corrected chi connectivity index (χ3v) is 7.28. The maximum absolute atomic E-state index is 13.8. The minimum atomic E-state index is -0.845. The second-order valence-electron chi connectivity index (χ2n) is 10.5. The number of nitrogens with one attached hydrogen (secondary N) is 1. The molecular weight excluding hydrogens is 572 g/mol. The first kappa shape index (κ1) is 30.7. The van der Waals surface area contributed by atoms with Gasteiger partial charge in [-0.05, 0) is 67.6 Å². The van der Waals surface area contributed by atoms with Crippen LogP contribution in [-0.4, -0.2) is 42.7 Å². The van der Waals surface area contributed by atoms with Crippen molar-refractivity contribution in [1.29, 1.82) is 0 Å². The first-order chi connectivity index (χ1) is 21.3. The molecule has 1 aliphatic carbocycles. The van der Waals surface area contributed by atoms with Crippen molar-refractivity contribution < 1.29 is 37.3 Å². The lowest BCUT2D eigenvalue weighted by molar-refractivity contribution is -0.150. The topological polar surface area (TPSA) is 122 Å². The van der Waals surface area contributed by atoms with Gasteiger partial charge in [0, 0.05) is 30.1 Å². The number of halogens is 2. The molecule has 3 N–H and O–H groups in total. The van der Waals surface area contributed by atoms with Crippen LogP contribution in [0, 0.1) is 11.6 Å². The van der Waals surface area contributed by atoms with Crippen molar-refractivity contribution in [2.24, 2.45) is 5.73 Å². The summed E-state index contributed by atoms with van der Waals surface area (Å²) in [7, 11) is 1.52. The van der Waals surface area contributed by atoms with Gasteiger partial charge < -0.3 is 30.0 Å². The zero-order valence-electron chi connectivity index (χ0n) is 24.2.